The standard InChI is InChI=1S/C27H46N8O11S/c1-10-12-17(36)33(6)21(47-14-11-13-18(37)46-9)20(39)32(5)16(15-27(2,3)45)19(38)29-24(42)35(8)26(44)31-22(40)30-25(43)34(7)23(41)28-4/h16,21,45H,10-15H2,1-9H3,(H,28,41)(H,29,38,42)(H2,30,31,40,43,44)/t16-,21+/m0/s1. The van der Waals surface area contributed by atoms with Gasteiger partial charge in [-0.1, -0.05) is 6.92 Å². The van der Waals surface area contributed by atoms with Gasteiger partial charge in [-0.05, 0) is 32.4 Å². The van der Waals surface area contributed by atoms with Crippen LogP contribution in [-0.4, -0.2) is 144 Å². The van der Waals surface area contributed by atoms with E-state index in [9.17, 15) is 48.3 Å². The molecule has 0 heterocycles. The maximum atomic E-state index is 13.8. The molecule has 0 radical (unpaired) electrons. The number of esters is 1. The van der Waals surface area contributed by atoms with E-state index < -0.39 is 65.0 Å². The number of aliphatic hydroxyl groups is 1. The molecule has 0 aliphatic rings. The van der Waals surface area contributed by atoms with Crippen LogP contribution in [0.3, 0.4) is 0 Å². The summed E-state index contributed by atoms with van der Waals surface area (Å²) in [7, 11) is 7.10. The molecule has 5 N–H and O–H groups in total. The minimum absolute atomic E-state index is 0.0742. The molecule has 0 aromatic heterocycles. The summed E-state index contributed by atoms with van der Waals surface area (Å²) < 4.78 is 4.62. The molecular formula is C27H46N8O11S. The molecular weight excluding hydrogens is 644 g/mol. The van der Waals surface area contributed by atoms with Crippen molar-refractivity contribution < 1.29 is 53.0 Å². The van der Waals surface area contributed by atoms with E-state index in [1.165, 1.54) is 47.0 Å². The molecule has 0 bridgehead atoms. The van der Waals surface area contributed by atoms with Crippen LogP contribution in [0.2, 0.25) is 0 Å². The van der Waals surface area contributed by atoms with Crippen molar-refractivity contribution in [2.75, 3.05) is 48.1 Å². The van der Waals surface area contributed by atoms with Gasteiger partial charge in [0.05, 0.1) is 12.7 Å². The van der Waals surface area contributed by atoms with Gasteiger partial charge >= 0.3 is 36.1 Å². The summed E-state index contributed by atoms with van der Waals surface area (Å²) in [6, 6.07) is -7.63. The van der Waals surface area contributed by atoms with Crippen LogP contribution in [-0.2, 0) is 23.9 Å². The lowest BCUT2D eigenvalue weighted by atomic mass is 9.97. The number of thioether (sulfide) groups is 1. The molecule has 0 fully saturated rings. The van der Waals surface area contributed by atoms with Gasteiger partial charge in [0.1, 0.15) is 6.04 Å². The first-order valence-electron chi connectivity index (χ1n) is 14.3. The first-order chi connectivity index (χ1) is 21.7. The fourth-order valence-electron chi connectivity index (χ4n) is 3.61. The summed E-state index contributed by atoms with van der Waals surface area (Å²) in [6.45, 7) is 4.52. The number of amides is 13. The van der Waals surface area contributed by atoms with Gasteiger partial charge in [-0.15, -0.1) is 11.8 Å². The second kappa shape index (κ2) is 19.9. The number of urea groups is 5. The van der Waals surface area contributed by atoms with Crippen molar-refractivity contribution in [1.29, 1.82) is 0 Å². The van der Waals surface area contributed by atoms with Crippen LogP contribution in [0.5, 0.6) is 0 Å². The Morgan fingerprint density at radius 3 is 1.79 bits per heavy atom. The lowest BCUT2D eigenvalue weighted by Gasteiger charge is -2.36. The van der Waals surface area contributed by atoms with E-state index in [0.29, 0.717) is 22.6 Å². The number of carbonyl (C=O) groups excluding carboxylic acids is 9. The van der Waals surface area contributed by atoms with Crippen molar-refractivity contribution in [2.45, 2.75) is 69.9 Å². The van der Waals surface area contributed by atoms with Crippen molar-refractivity contribution in [3.63, 3.8) is 0 Å². The molecule has 20 heteroatoms. The molecule has 0 rings (SSSR count). The minimum Gasteiger partial charge on any atom is -0.469 e. The van der Waals surface area contributed by atoms with Crippen LogP contribution >= 0.6 is 11.8 Å². The third kappa shape index (κ3) is 14.7. The highest BCUT2D eigenvalue weighted by molar-refractivity contribution is 8.00. The zero-order valence-electron chi connectivity index (χ0n) is 28.1. The summed E-state index contributed by atoms with van der Waals surface area (Å²) in [5.41, 5.74) is -1.54. The van der Waals surface area contributed by atoms with E-state index in [1.54, 1.807) is 17.6 Å². The van der Waals surface area contributed by atoms with Gasteiger partial charge < -0.3 is 25.0 Å². The van der Waals surface area contributed by atoms with Crippen LogP contribution in [0.25, 0.3) is 0 Å². The fourth-order valence-corrected chi connectivity index (χ4v) is 4.79. The summed E-state index contributed by atoms with van der Waals surface area (Å²) >= 11 is 1.05. The zero-order valence-corrected chi connectivity index (χ0v) is 28.9. The van der Waals surface area contributed by atoms with E-state index in [2.05, 4.69) is 10.1 Å². The van der Waals surface area contributed by atoms with Crippen molar-refractivity contribution in [2.24, 2.45) is 0 Å². The number of ether oxygens (including phenoxy) is 1. The first-order valence-corrected chi connectivity index (χ1v) is 15.4. The maximum absolute atomic E-state index is 13.8. The molecule has 0 aromatic carbocycles. The molecule has 13 amide bonds. The quantitative estimate of drug-likeness (QED) is 0.0990. The van der Waals surface area contributed by atoms with Crippen LogP contribution in [0.15, 0.2) is 0 Å². The predicted molar refractivity (Wildman–Crippen MR) is 169 cm³/mol. The minimum atomic E-state index is -1.54. The van der Waals surface area contributed by atoms with E-state index >= 15 is 0 Å². The Bertz CT molecular complexity index is 1190. The molecule has 0 aliphatic carbocycles. The number of methoxy groups -OCH3 is 1. The third-order valence-corrected chi connectivity index (χ3v) is 7.72. The molecule has 0 unspecified atom stereocenters. The van der Waals surface area contributed by atoms with E-state index in [0.717, 1.165) is 30.8 Å². The Hall–Kier alpha value is -4.46. The second-order valence-corrected chi connectivity index (χ2v) is 12.0. The SMILES string of the molecule is CCCC(=O)N(C)[C@H](SCCCC(=O)OC)C(=O)N(C)[C@@H](CC(C)(C)O)C(=O)NC(=O)N(C)C(=O)NC(=O)NC(=O)N(C)C(=O)NC. The Morgan fingerprint density at radius 2 is 1.32 bits per heavy atom. The van der Waals surface area contributed by atoms with E-state index in [1.807, 2.05) is 5.32 Å². The number of rotatable bonds is 13. The molecule has 0 spiro atoms. The van der Waals surface area contributed by atoms with Crippen molar-refractivity contribution in [1.82, 2.24) is 40.9 Å². The van der Waals surface area contributed by atoms with Gasteiger partial charge in [0, 0.05) is 54.5 Å². The van der Waals surface area contributed by atoms with Gasteiger partial charge in [-0.3, -0.25) is 35.1 Å². The largest absolute Gasteiger partial charge is 0.469 e. The first kappa shape index (κ1) is 42.5. The average molecular weight is 691 g/mol. The number of carbonyl (C=O) groups is 9. The van der Waals surface area contributed by atoms with Gasteiger partial charge in [-0.2, -0.15) is 0 Å². The predicted octanol–water partition coefficient (Wildman–Crippen LogP) is 0.224. The molecule has 266 valence electrons. The number of hydrogen-bond acceptors (Lipinski definition) is 12. The van der Waals surface area contributed by atoms with Gasteiger partial charge in [0.2, 0.25) is 5.91 Å². The highest BCUT2D eigenvalue weighted by Crippen LogP contribution is 2.23. The van der Waals surface area contributed by atoms with Gasteiger partial charge in [-0.25, -0.2) is 33.8 Å². The van der Waals surface area contributed by atoms with E-state index in [4.69, 9.17) is 0 Å². The maximum Gasteiger partial charge on any atom is 0.333 e. The van der Waals surface area contributed by atoms with Crippen LogP contribution in [0.4, 0.5) is 24.0 Å². The number of imide groups is 5. The molecule has 0 saturated carbocycles. The zero-order chi connectivity index (χ0) is 36.6. The number of nitrogens with zero attached hydrogens (tertiary/aromatic N) is 4. The van der Waals surface area contributed by atoms with Gasteiger partial charge in [0.25, 0.3) is 11.8 Å². The Kier molecular flexibility index (Phi) is 18.0. The van der Waals surface area contributed by atoms with Crippen LogP contribution < -0.4 is 21.3 Å². The molecule has 0 aromatic rings. The van der Waals surface area contributed by atoms with E-state index in [-0.39, 0.29) is 30.9 Å². The highest BCUT2D eigenvalue weighted by Gasteiger charge is 2.38. The number of hydrogen-bond donors (Lipinski definition) is 5. The topological polar surface area (TPSA) is 244 Å². The summed E-state index contributed by atoms with van der Waals surface area (Å²) in [5, 5.41) is 16.9. The molecule has 0 aliphatic heterocycles. The summed E-state index contributed by atoms with van der Waals surface area (Å²) in [5.74, 6) is -2.35. The van der Waals surface area contributed by atoms with Crippen molar-refractivity contribution in [3.05, 3.63) is 0 Å². The second-order valence-electron chi connectivity index (χ2n) is 10.8. The smallest absolute Gasteiger partial charge is 0.333 e. The fraction of sp³-hybridized carbons (Fsp3) is 0.667. The Morgan fingerprint density at radius 1 is 0.809 bits per heavy atom. The number of likely N-dealkylation sites (N-methyl/N-ethyl adjacent to an activating group) is 2. The molecule has 0 saturated heterocycles. The lowest BCUT2D eigenvalue weighted by Crippen LogP contribution is -2.58. The van der Waals surface area contributed by atoms with Crippen molar-refractivity contribution in [3.8, 4) is 0 Å². The Labute approximate surface area is 277 Å². The highest BCUT2D eigenvalue weighted by atomic mass is 32.2. The average Bonchev–Trinajstić information content (AvgIpc) is 3.00. The molecule has 19 nitrogen and oxygen atoms in total. The van der Waals surface area contributed by atoms with Gasteiger partial charge in [0.15, 0.2) is 5.37 Å². The van der Waals surface area contributed by atoms with Crippen LogP contribution in [0.1, 0.15) is 52.9 Å². The van der Waals surface area contributed by atoms with Crippen molar-refractivity contribution >= 4 is 65.6 Å². The normalized spacial score (nSPS) is 12.0. The monoisotopic (exact) mass is 690 g/mol. The Balaban J connectivity index is 5.87. The number of nitrogens with one attached hydrogen (secondary N) is 4. The van der Waals surface area contributed by atoms with Crippen LogP contribution in [0, 0.1) is 0 Å². The molecule has 47 heavy (non-hydrogen) atoms. The lowest BCUT2D eigenvalue weighted by molar-refractivity contribution is -0.145. The summed E-state index contributed by atoms with van der Waals surface area (Å²) in [4.78, 5) is 115. The summed E-state index contributed by atoms with van der Waals surface area (Å²) in [6.07, 6.45) is 0.671. The molecule has 2 atom stereocenters. The third-order valence-electron chi connectivity index (χ3n) is 6.36.